The summed E-state index contributed by atoms with van der Waals surface area (Å²) in [5.74, 6) is 0.280. The van der Waals surface area contributed by atoms with Gasteiger partial charge in [-0.3, -0.25) is 4.79 Å². The second kappa shape index (κ2) is 5.72. The van der Waals surface area contributed by atoms with Crippen molar-refractivity contribution in [2.75, 3.05) is 0 Å². The number of carbonyl (C=O) groups excluding carboxylic acids is 1. The van der Waals surface area contributed by atoms with Crippen LogP contribution in [0.25, 0.3) is 0 Å². The topological polar surface area (TPSA) is 17.1 Å². The van der Waals surface area contributed by atoms with Gasteiger partial charge in [-0.15, -0.1) is 11.8 Å². The molecule has 1 atom stereocenters. The molecular formula is C15H20OS. The highest BCUT2D eigenvalue weighted by atomic mass is 32.2. The van der Waals surface area contributed by atoms with Crippen molar-refractivity contribution in [3.05, 3.63) is 35.4 Å². The molecule has 2 heteroatoms. The molecule has 2 rings (SSSR count). The average Bonchev–Trinajstić information content (AvgIpc) is 2.82. The molecule has 0 heterocycles. The Labute approximate surface area is 108 Å². The van der Waals surface area contributed by atoms with E-state index in [4.69, 9.17) is 0 Å². The van der Waals surface area contributed by atoms with Gasteiger partial charge in [-0.1, -0.05) is 42.7 Å². The Morgan fingerprint density at radius 3 is 2.41 bits per heavy atom. The summed E-state index contributed by atoms with van der Waals surface area (Å²) in [5.41, 5.74) is 2.06. The number of rotatable bonds is 4. The number of hydrogen-bond acceptors (Lipinski definition) is 2. The molecule has 0 spiro atoms. The third kappa shape index (κ3) is 3.35. The predicted octanol–water partition coefficient (Wildman–Crippen LogP) is 4.24. The van der Waals surface area contributed by atoms with Crippen LogP contribution in [0.3, 0.4) is 0 Å². The van der Waals surface area contributed by atoms with E-state index in [0.717, 1.165) is 5.56 Å². The van der Waals surface area contributed by atoms with E-state index in [0.29, 0.717) is 5.25 Å². The van der Waals surface area contributed by atoms with Crippen LogP contribution in [0.5, 0.6) is 0 Å². The van der Waals surface area contributed by atoms with Crippen LogP contribution in [0.4, 0.5) is 0 Å². The van der Waals surface area contributed by atoms with Crippen LogP contribution < -0.4 is 0 Å². The molecule has 0 amide bonds. The maximum absolute atomic E-state index is 12.2. The zero-order valence-corrected chi connectivity index (χ0v) is 11.4. The Morgan fingerprint density at radius 2 is 1.82 bits per heavy atom. The van der Waals surface area contributed by atoms with Crippen molar-refractivity contribution in [1.82, 2.24) is 0 Å². The van der Waals surface area contributed by atoms with E-state index in [1.54, 1.807) is 0 Å². The minimum Gasteiger partial charge on any atom is -0.293 e. The molecule has 0 bridgehead atoms. The number of ketones is 1. The van der Waals surface area contributed by atoms with E-state index in [1.807, 2.05) is 49.9 Å². The van der Waals surface area contributed by atoms with Crippen molar-refractivity contribution < 1.29 is 4.79 Å². The molecule has 1 aromatic rings. The number of Topliss-reactive ketones (excluding diaryl/α,β-unsaturated/α-hetero) is 1. The van der Waals surface area contributed by atoms with Crippen molar-refractivity contribution in [3.8, 4) is 0 Å². The molecule has 1 saturated carbocycles. The number of carbonyl (C=O) groups is 1. The van der Waals surface area contributed by atoms with E-state index in [1.165, 1.54) is 31.2 Å². The third-order valence-corrected chi connectivity index (χ3v) is 4.88. The van der Waals surface area contributed by atoms with E-state index in [9.17, 15) is 4.79 Å². The van der Waals surface area contributed by atoms with Gasteiger partial charge in [0, 0.05) is 10.8 Å². The van der Waals surface area contributed by atoms with Crippen molar-refractivity contribution in [2.24, 2.45) is 0 Å². The van der Waals surface area contributed by atoms with Crippen LogP contribution in [-0.2, 0) is 0 Å². The lowest BCUT2D eigenvalue weighted by Gasteiger charge is -2.15. The number of aryl methyl sites for hydroxylation is 1. The predicted molar refractivity (Wildman–Crippen MR) is 74.8 cm³/mol. The summed E-state index contributed by atoms with van der Waals surface area (Å²) < 4.78 is 0. The molecule has 0 unspecified atom stereocenters. The minimum absolute atomic E-state index is 0.0980. The Bertz CT molecular complexity index is 376. The second-order valence-electron chi connectivity index (χ2n) is 4.92. The monoisotopic (exact) mass is 248 g/mol. The van der Waals surface area contributed by atoms with Crippen molar-refractivity contribution in [3.63, 3.8) is 0 Å². The van der Waals surface area contributed by atoms with Gasteiger partial charge in [0.1, 0.15) is 0 Å². The quantitative estimate of drug-likeness (QED) is 0.741. The SMILES string of the molecule is Cc1ccc(C(=O)[C@H](C)SC2CCCC2)cc1. The summed E-state index contributed by atoms with van der Waals surface area (Å²) in [5, 5.41) is 0.806. The molecule has 1 nitrogen and oxygen atoms in total. The highest BCUT2D eigenvalue weighted by Gasteiger charge is 2.22. The smallest absolute Gasteiger partial charge is 0.175 e. The fourth-order valence-electron chi connectivity index (χ4n) is 2.33. The molecule has 0 N–H and O–H groups in total. The van der Waals surface area contributed by atoms with Crippen LogP contribution >= 0.6 is 11.8 Å². The molecular weight excluding hydrogens is 228 g/mol. The van der Waals surface area contributed by atoms with Gasteiger partial charge in [-0.05, 0) is 26.7 Å². The molecule has 1 aliphatic rings. The summed E-state index contributed by atoms with van der Waals surface area (Å²) in [6.45, 7) is 4.09. The van der Waals surface area contributed by atoms with Gasteiger partial charge in [-0.25, -0.2) is 0 Å². The Balaban J connectivity index is 1.96. The minimum atomic E-state index is 0.0980. The van der Waals surface area contributed by atoms with Gasteiger partial charge in [0.05, 0.1) is 5.25 Å². The number of hydrogen-bond donors (Lipinski definition) is 0. The maximum atomic E-state index is 12.2. The molecule has 0 saturated heterocycles. The summed E-state index contributed by atoms with van der Waals surface area (Å²) >= 11 is 1.86. The van der Waals surface area contributed by atoms with Crippen molar-refractivity contribution in [1.29, 1.82) is 0 Å². The van der Waals surface area contributed by atoms with Gasteiger partial charge in [-0.2, -0.15) is 0 Å². The van der Waals surface area contributed by atoms with Crippen molar-refractivity contribution in [2.45, 2.75) is 50.0 Å². The molecule has 0 aromatic heterocycles. The fraction of sp³-hybridized carbons (Fsp3) is 0.533. The highest BCUT2D eigenvalue weighted by molar-refractivity contribution is 8.01. The zero-order chi connectivity index (χ0) is 12.3. The van der Waals surface area contributed by atoms with Crippen molar-refractivity contribution >= 4 is 17.5 Å². The molecule has 1 aliphatic carbocycles. The largest absolute Gasteiger partial charge is 0.293 e. The van der Waals surface area contributed by atoms with Gasteiger partial charge >= 0.3 is 0 Å². The summed E-state index contributed by atoms with van der Waals surface area (Å²) in [7, 11) is 0. The first-order chi connectivity index (χ1) is 8.16. The summed E-state index contributed by atoms with van der Waals surface area (Å²) in [6.07, 6.45) is 5.25. The molecule has 1 fully saturated rings. The number of benzene rings is 1. The van der Waals surface area contributed by atoms with Crippen LogP contribution in [0.2, 0.25) is 0 Å². The lowest BCUT2D eigenvalue weighted by Crippen LogP contribution is -2.16. The molecule has 92 valence electrons. The van der Waals surface area contributed by atoms with Gasteiger partial charge in [0.25, 0.3) is 0 Å². The molecule has 17 heavy (non-hydrogen) atoms. The van der Waals surface area contributed by atoms with E-state index in [-0.39, 0.29) is 11.0 Å². The molecule has 1 aromatic carbocycles. The number of thioether (sulfide) groups is 1. The van der Waals surface area contributed by atoms with Crippen LogP contribution in [-0.4, -0.2) is 16.3 Å². The molecule has 0 aliphatic heterocycles. The summed E-state index contributed by atoms with van der Waals surface area (Å²) in [6, 6.07) is 7.92. The summed E-state index contributed by atoms with van der Waals surface area (Å²) in [4.78, 5) is 12.2. The normalized spacial score (nSPS) is 18.2. The zero-order valence-electron chi connectivity index (χ0n) is 10.6. The van der Waals surface area contributed by atoms with Crippen LogP contribution in [0, 0.1) is 6.92 Å². The van der Waals surface area contributed by atoms with E-state index >= 15 is 0 Å². The third-order valence-electron chi connectivity index (χ3n) is 3.40. The fourth-order valence-corrected chi connectivity index (χ4v) is 3.77. The first kappa shape index (κ1) is 12.7. The van der Waals surface area contributed by atoms with E-state index < -0.39 is 0 Å². The average molecular weight is 248 g/mol. The second-order valence-corrected chi connectivity index (χ2v) is 6.56. The first-order valence-corrected chi connectivity index (χ1v) is 7.37. The molecule has 0 radical (unpaired) electrons. The standard InChI is InChI=1S/C15H20OS/c1-11-7-9-13(10-8-11)15(16)12(2)17-14-5-3-4-6-14/h7-10,12,14H,3-6H2,1-2H3/t12-/m0/s1. The van der Waals surface area contributed by atoms with Gasteiger partial charge < -0.3 is 0 Å². The van der Waals surface area contributed by atoms with Crippen LogP contribution in [0.15, 0.2) is 24.3 Å². The van der Waals surface area contributed by atoms with Crippen LogP contribution in [0.1, 0.15) is 48.5 Å². The maximum Gasteiger partial charge on any atom is 0.175 e. The lowest BCUT2D eigenvalue weighted by molar-refractivity contribution is 0.0994. The Kier molecular flexibility index (Phi) is 4.27. The lowest BCUT2D eigenvalue weighted by atomic mass is 10.1. The first-order valence-electron chi connectivity index (χ1n) is 6.43. The van der Waals surface area contributed by atoms with Gasteiger partial charge in [0.15, 0.2) is 5.78 Å². The Morgan fingerprint density at radius 1 is 1.24 bits per heavy atom. The van der Waals surface area contributed by atoms with E-state index in [2.05, 4.69) is 0 Å². The van der Waals surface area contributed by atoms with Gasteiger partial charge in [0.2, 0.25) is 0 Å². The Hall–Kier alpha value is -0.760. The highest BCUT2D eigenvalue weighted by Crippen LogP contribution is 2.33.